The normalized spacial score (nSPS) is 11.6. The molecule has 0 saturated heterocycles. The Kier molecular flexibility index (Phi) is 5.04. The third-order valence-corrected chi connectivity index (χ3v) is 3.52. The number of carbonyl (C=O) groups is 1. The molecule has 2 aromatic rings. The summed E-state index contributed by atoms with van der Waals surface area (Å²) in [7, 11) is 1.57. The number of aryl methyl sites for hydroxylation is 2. The van der Waals surface area contributed by atoms with Crippen molar-refractivity contribution in [2.45, 2.75) is 26.9 Å². The molecule has 2 aromatic carbocycles. The molecule has 1 amide bonds. The van der Waals surface area contributed by atoms with Gasteiger partial charge in [0.15, 0.2) is 17.6 Å². The van der Waals surface area contributed by atoms with Crippen molar-refractivity contribution in [2.75, 3.05) is 12.4 Å². The van der Waals surface area contributed by atoms with Crippen LogP contribution >= 0.6 is 0 Å². The van der Waals surface area contributed by atoms with Crippen LogP contribution in [-0.2, 0) is 4.79 Å². The van der Waals surface area contributed by atoms with E-state index in [0.29, 0.717) is 11.5 Å². The largest absolute Gasteiger partial charge is 0.493 e. The number of para-hydroxylation sites is 2. The number of carbonyl (C=O) groups excluding carboxylic acids is 1. The van der Waals surface area contributed by atoms with Gasteiger partial charge in [0.1, 0.15) is 0 Å². The van der Waals surface area contributed by atoms with Crippen LogP contribution in [0.3, 0.4) is 0 Å². The van der Waals surface area contributed by atoms with Crippen LogP contribution in [0.5, 0.6) is 11.5 Å². The molecule has 0 saturated carbocycles. The Hall–Kier alpha value is -2.49. The molecule has 2 rings (SSSR count). The van der Waals surface area contributed by atoms with Gasteiger partial charge in [0.2, 0.25) is 0 Å². The van der Waals surface area contributed by atoms with Crippen LogP contribution in [0, 0.1) is 13.8 Å². The number of nitrogens with one attached hydrogen (secondary N) is 1. The molecular formula is C18H21NO3. The third-order valence-electron chi connectivity index (χ3n) is 3.52. The topological polar surface area (TPSA) is 47.6 Å². The number of rotatable bonds is 5. The maximum absolute atomic E-state index is 12.2. The van der Waals surface area contributed by atoms with Crippen molar-refractivity contribution in [1.29, 1.82) is 0 Å². The highest BCUT2D eigenvalue weighted by atomic mass is 16.5. The zero-order chi connectivity index (χ0) is 16.1. The molecule has 4 nitrogen and oxygen atoms in total. The number of ether oxygens (including phenoxy) is 2. The highest BCUT2D eigenvalue weighted by Crippen LogP contribution is 2.27. The Morgan fingerprint density at radius 2 is 1.73 bits per heavy atom. The van der Waals surface area contributed by atoms with Crippen molar-refractivity contribution in [2.24, 2.45) is 0 Å². The Morgan fingerprint density at radius 1 is 1.05 bits per heavy atom. The van der Waals surface area contributed by atoms with Crippen LogP contribution in [-0.4, -0.2) is 19.1 Å². The van der Waals surface area contributed by atoms with Crippen LogP contribution in [0.2, 0.25) is 0 Å². The lowest BCUT2D eigenvalue weighted by molar-refractivity contribution is -0.122. The Labute approximate surface area is 131 Å². The van der Waals surface area contributed by atoms with Gasteiger partial charge in [-0.15, -0.1) is 0 Å². The van der Waals surface area contributed by atoms with E-state index in [9.17, 15) is 4.79 Å². The van der Waals surface area contributed by atoms with Gasteiger partial charge < -0.3 is 14.8 Å². The summed E-state index contributed by atoms with van der Waals surface area (Å²) >= 11 is 0. The zero-order valence-electron chi connectivity index (χ0n) is 13.3. The van der Waals surface area contributed by atoms with Crippen LogP contribution in [0.15, 0.2) is 42.5 Å². The lowest BCUT2D eigenvalue weighted by Gasteiger charge is -2.17. The van der Waals surface area contributed by atoms with Crippen LogP contribution in [0.25, 0.3) is 0 Å². The molecule has 0 heterocycles. The Morgan fingerprint density at radius 3 is 2.36 bits per heavy atom. The maximum Gasteiger partial charge on any atom is 0.265 e. The summed E-state index contributed by atoms with van der Waals surface area (Å²) in [6.45, 7) is 5.76. The molecule has 22 heavy (non-hydrogen) atoms. The molecule has 0 bridgehead atoms. The fourth-order valence-electron chi connectivity index (χ4n) is 2.02. The van der Waals surface area contributed by atoms with Gasteiger partial charge >= 0.3 is 0 Å². The second-order valence-electron chi connectivity index (χ2n) is 5.20. The van der Waals surface area contributed by atoms with Gasteiger partial charge in [0, 0.05) is 5.69 Å². The predicted molar refractivity (Wildman–Crippen MR) is 87.6 cm³/mol. The first kappa shape index (κ1) is 15.9. The number of amides is 1. The van der Waals surface area contributed by atoms with E-state index in [-0.39, 0.29) is 5.91 Å². The van der Waals surface area contributed by atoms with Gasteiger partial charge in [-0.05, 0) is 56.2 Å². The fourth-order valence-corrected chi connectivity index (χ4v) is 2.02. The Balaban J connectivity index is 2.04. The summed E-state index contributed by atoms with van der Waals surface area (Å²) in [5.41, 5.74) is 3.09. The van der Waals surface area contributed by atoms with E-state index in [2.05, 4.69) is 5.32 Å². The lowest BCUT2D eigenvalue weighted by atomic mass is 10.1. The molecular weight excluding hydrogens is 278 g/mol. The van der Waals surface area contributed by atoms with Crippen molar-refractivity contribution >= 4 is 11.6 Å². The van der Waals surface area contributed by atoms with Crippen molar-refractivity contribution in [3.05, 3.63) is 53.6 Å². The second kappa shape index (κ2) is 6.98. The van der Waals surface area contributed by atoms with E-state index < -0.39 is 6.10 Å². The average Bonchev–Trinajstić information content (AvgIpc) is 2.51. The molecule has 0 spiro atoms. The smallest absolute Gasteiger partial charge is 0.265 e. The van der Waals surface area contributed by atoms with Gasteiger partial charge in [0.25, 0.3) is 5.91 Å². The van der Waals surface area contributed by atoms with E-state index in [1.54, 1.807) is 26.2 Å². The number of hydrogen-bond acceptors (Lipinski definition) is 3. The predicted octanol–water partition coefficient (Wildman–Crippen LogP) is 3.72. The van der Waals surface area contributed by atoms with Crippen LogP contribution in [0.4, 0.5) is 5.69 Å². The quantitative estimate of drug-likeness (QED) is 0.915. The van der Waals surface area contributed by atoms with E-state index in [0.717, 1.165) is 11.3 Å². The van der Waals surface area contributed by atoms with E-state index in [4.69, 9.17) is 9.47 Å². The van der Waals surface area contributed by atoms with E-state index in [1.165, 1.54) is 5.56 Å². The first-order valence-corrected chi connectivity index (χ1v) is 7.19. The second-order valence-corrected chi connectivity index (χ2v) is 5.20. The summed E-state index contributed by atoms with van der Waals surface area (Å²) in [5.74, 6) is 0.954. The minimum Gasteiger partial charge on any atom is -0.493 e. The van der Waals surface area contributed by atoms with Crippen LogP contribution < -0.4 is 14.8 Å². The van der Waals surface area contributed by atoms with Crippen molar-refractivity contribution < 1.29 is 14.3 Å². The van der Waals surface area contributed by atoms with Gasteiger partial charge in [-0.25, -0.2) is 0 Å². The fraction of sp³-hybridized carbons (Fsp3) is 0.278. The monoisotopic (exact) mass is 299 g/mol. The summed E-state index contributed by atoms with van der Waals surface area (Å²) in [4.78, 5) is 12.2. The van der Waals surface area contributed by atoms with Crippen LogP contribution in [0.1, 0.15) is 18.1 Å². The minimum absolute atomic E-state index is 0.200. The molecule has 1 N–H and O–H groups in total. The summed E-state index contributed by atoms with van der Waals surface area (Å²) in [6, 6.07) is 13.1. The number of benzene rings is 2. The highest BCUT2D eigenvalue weighted by Gasteiger charge is 2.16. The molecule has 0 fully saturated rings. The first-order valence-electron chi connectivity index (χ1n) is 7.19. The van der Waals surface area contributed by atoms with Gasteiger partial charge in [-0.2, -0.15) is 0 Å². The van der Waals surface area contributed by atoms with Crippen molar-refractivity contribution in [1.82, 2.24) is 0 Å². The standard InChI is InChI=1S/C18H21NO3/c1-12-9-10-15(11-13(12)2)19-18(20)14(3)22-17-8-6-5-7-16(17)21-4/h5-11,14H,1-4H3,(H,19,20)/t14-/m0/s1. The summed E-state index contributed by atoms with van der Waals surface area (Å²) < 4.78 is 10.9. The SMILES string of the molecule is COc1ccccc1O[C@@H](C)C(=O)Nc1ccc(C)c(C)c1. The molecule has 0 aliphatic carbocycles. The third kappa shape index (κ3) is 3.79. The van der Waals surface area contributed by atoms with Gasteiger partial charge in [0.05, 0.1) is 7.11 Å². The van der Waals surface area contributed by atoms with Crippen molar-refractivity contribution in [3.63, 3.8) is 0 Å². The van der Waals surface area contributed by atoms with E-state index >= 15 is 0 Å². The van der Waals surface area contributed by atoms with Gasteiger partial charge in [-0.1, -0.05) is 18.2 Å². The summed E-state index contributed by atoms with van der Waals surface area (Å²) in [5, 5.41) is 2.86. The molecule has 0 aliphatic heterocycles. The van der Waals surface area contributed by atoms with Crippen molar-refractivity contribution in [3.8, 4) is 11.5 Å². The molecule has 0 aromatic heterocycles. The average molecular weight is 299 g/mol. The Bertz CT molecular complexity index is 667. The molecule has 116 valence electrons. The molecule has 0 radical (unpaired) electrons. The first-order chi connectivity index (χ1) is 10.5. The van der Waals surface area contributed by atoms with Gasteiger partial charge in [-0.3, -0.25) is 4.79 Å². The minimum atomic E-state index is -0.627. The summed E-state index contributed by atoms with van der Waals surface area (Å²) in [6.07, 6.45) is -0.627. The molecule has 0 unspecified atom stereocenters. The number of hydrogen-bond donors (Lipinski definition) is 1. The number of anilines is 1. The molecule has 0 aliphatic rings. The lowest BCUT2D eigenvalue weighted by Crippen LogP contribution is -2.30. The molecule has 1 atom stereocenters. The van der Waals surface area contributed by atoms with E-state index in [1.807, 2.05) is 44.2 Å². The number of methoxy groups -OCH3 is 1. The maximum atomic E-state index is 12.2. The molecule has 4 heteroatoms. The zero-order valence-corrected chi connectivity index (χ0v) is 13.3. The highest BCUT2D eigenvalue weighted by molar-refractivity contribution is 5.94.